The van der Waals surface area contributed by atoms with Crippen molar-refractivity contribution in [2.45, 2.75) is 23.8 Å². The van der Waals surface area contributed by atoms with E-state index in [1.807, 2.05) is 7.05 Å². The number of amides is 1. The molecule has 0 aromatic heterocycles. The summed E-state index contributed by atoms with van der Waals surface area (Å²) in [7, 11) is -1.77. The summed E-state index contributed by atoms with van der Waals surface area (Å²) >= 11 is 5.74. The molecule has 0 saturated carbocycles. The molecular formula is C14H19ClN2O3S. The Labute approximate surface area is 130 Å². The Balaban J connectivity index is 2.06. The van der Waals surface area contributed by atoms with Crippen molar-refractivity contribution in [3.63, 3.8) is 0 Å². The van der Waals surface area contributed by atoms with Gasteiger partial charge in [-0.3, -0.25) is 4.79 Å². The molecule has 1 aliphatic heterocycles. The molecular weight excluding hydrogens is 312 g/mol. The number of benzene rings is 1. The predicted molar refractivity (Wildman–Crippen MR) is 82.2 cm³/mol. The van der Waals surface area contributed by atoms with Crippen LogP contribution in [0.1, 0.15) is 12.8 Å². The molecule has 1 heterocycles. The Morgan fingerprint density at radius 2 is 2.05 bits per heavy atom. The lowest BCUT2D eigenvalue weighted by Crippen LogP contribution is -2.48. The number of nitrogens with one attached hydrogen (secondary N) is 1. The molecule has 0 aliphatic carbocycles. The van der Waals surface area contributed by atoms with E-state index in [-0.39, 0.29) is 16.8 Å². The molecule has 1 unspecified atom stereocenters. The third kappa shape index (κ3) is 4.18. The van der Waals surface area contributed by atoms with Gasteiger partial charge < -0.3 is 10.2 Å². The maximum absolute atomic E-state index is 12.2. The molecule has 0 bridgehead atoms. The van der Waals surface area contributed by atoms with Crippen LogP contribution in [0.25, 0.3) is 0 Å². The average molecular weight is 331 g/mol. The van der Waals surface area contributed by atoms with Gasteiger partial charge in [0.2, 0.25) is 5.91 Å². The lowest BCUT2D eigenvalue weighted by molar-refractivity contribution is -0.129. The normalized spacial score (nSPS) is 19.5. The van der Waals surface area contributed by atoms with E-state index >= 15 is 0 Å². The van der Waals surface area contributed by atoms with E-state index in [2.05, 4.69) is 5.32 Å². The first kappa shape index (κ1) is 16.3. The molecule has 1 saturated heterocycles. The highest BCUT2D eigenvalue weighted by molar-refractivity contribution is 7.92. The quantitative estimate of drug-likeness (QED) is 0.904. The Hall–Kier alpha value is -1.11. The molecule has 1 atom stereocenters. The van der Waals surface area contributed by atoms with Crippen molar-refractivity contribution in [3.05, 3.63) is 29.3 Å². The topological polar surface area (TPSA) is 66.5 Å². The summed E-state index contributed by atoms with van der Waals surface area (Å²) in [5.41, 5.74) is 0. The van der Waals surface area contributed by atoms with E-state index < -0.39 is 15.6 Å². The lowest BCUT2D eigenvalue weighted by atomic mass is 10.1. The molecule has 7 heteroatoms. The lowest BCUT2D eigenvalue weighted by Gasteiger charge is -2.32. The van der Waals surface area contributed by atoms with Gasteiger partial charge in [0.25, 0.3) is 0 Å². The fourth-order valence-corrected chi connectivity index (χ4v) is 3.77. The highest BCUT2D eigenvalue weighted by Gasteiger charge is 2.27. The maximum atomic E-state index is 12.2. The number of rotatable bonds is 4. The van der Waals surface area contributed by atoms with Crippen LogP contribution in [-0.4, -0.2) is 51.2 Å². The Morgan fingerprint density at radius 1 is 1.38 bits per heavy atom. The van der Waals surface area contributed by atoms with E-state index in [4.69, 9.17) is 11.6 Å². The van der Waals surface area contributed by atoms with Gasteiger partial charge in [-0.15, -0.1) is 0 Å². The third-order valence-electron chi connectivity index (χ3n) is 3.67. The van der Waals surface area contributed by atoms with Crippen LogP contribution >= 0.6 is 11.6 Å². The number of likely N-dealkylation sites (tertiary alicyclic amines) is 1. The van der Waals surface area contributed by atoms with E-state index in [1.165, 1.54) is 24.3 Å². The van der Waals surface area contributed by atoms with Crippen molar-refractivity contribution in [2.24, 2.45) is 0 Å². The van der Waals surface area contributed by atoms with Gasteiger partial charge in [0.05, 0.1) is 4.90 Å². The van der Waals surface area contributed by atoms with Crippen molar-refractivity contribution in [2.75, 3.05) is 25.9 Å². The molecule has 2 rings (SSSR count). The van der Waals surface area contributed by atoms with Gasteiger partial charge in [0.1, 0.15) is 5.75 Å². The summed E-state index contributed by atoms with van der Waals surface area (Å²) in [5, 5.41) is 3.60. The van der Waals surface area contributed by atoms with Gasteiger partial charge in [0.15, 0.2) is 9.84 Å². The van der Waals surface area contributed by atoms with Crippen molar-refractivity contribution in [3.8, 4) is 0 Å². The highest BCUT2D eigenvalue weighted by atomic mass is 35.5. The smallest absolute Gasteiger partial charge is 0.238 e. The number of hydrogen-bond acceptors (Lipinski definition) is 4. The number of likely N-dealkylation sites (N-methyl/N-ethyl adjacent to an activating group) is 1. The number of sulfone groups is 1. The van der Waals surface area contributed by atoms with Gasteiger partial charge in [0, 0.05) is 24.2 Å². The molecule has 21 heavy (non-hydrogen) atoms. The molecule has 1 aliphatic rings. The van der Waals surface area contributed by atoms with Gasteiger partial charge in [-0.25, -0.2) is 8.42 Å². The van der Waals surface area contributed by atoms with Crippen molar-refractivity contribution in [1.82, 2.24) is 10.2 Å². The summed E-state index contributed by atoms with van der Waals surface area (Å²) in [6, 6.07) is 6.11. The van der Waals surface area contributed by atoms with Gasteiger partial charge in [-0.2, -0.15) is 0 Å². The monoisotopic (exact) mass is 330 g/mol. The average Bonchev–Trinajstić information content (AvgIpc) is 2.47. The first-order valence-corrected chi connectivity index (χ1v) is 8.89. The second kappa shape index (κ2) is 6.77. The molecule has 1 N–H and O–H groups in total. The standard InChI is InChI=1S/C14H19ClN2O3S/c1-16-12-3-2-8-17(9-12)14(18)10-21(19,20)13-6-4-11(15)5-7-13/h4-7,12,16H,2-3,8-10H2,1H3. The fourth-order valence-electron chi connectivity index (χ4n) is 2.42. The van der Waals surface area contributed by atoms with Crippen LogP contribution in [0.5, 0.6) is 0 Å². The summed E-state index contributed by atoms with van der Waals surface area (Å²) in [5.74, 6) is -0.838. The van der Waals surface area contributed by atoms with Crippen molar-refractivity contribution < 1.29 is 13.2 Å². The molecule has 0 spiro atoms. The first-order chi connectivity index (χ1) is 9.92. The maximum Gasteiger partial charge on any atom is 0.238 e. The highest BCUT2D eigenvalue weighted by Crippen LogP contribution is 2.17. The van der Waals surface area contributed by atoms with Gasteiger partial charge in [-0.05, 0) is 44.2 Å². The van der Waals surface area contributed by atoms with Crippen LogP contribution in [0.15, 0.2) is 29.2 Å². The minimum absolute atomic E-state index is 0.127. The van der Waals surface area contributed by atoms with Crippen LogP contribution in [-0.2, 0) is 14.6 Å². The molecule has 116 valence electrons. The van der Waals surface area contributed by atoms with Crippen LogP contribution in [0.3, 0.4) is 0 Å². The first-order valence-electron chi connectivity index (χ1n) is 6.86. The molecule has 1 aromatic rings. The summed E-state index contributed by atoms with van der Waals surface area (Å²) < 4.78 is 24.5. The summed E-state index contributed by atoms with van der Waals surface area (Å²) in [6.07, 6.45) is 1.89. The SMILES string of the molecule is CNC1CCCN(C(=O)CS(=O)(=O)c2ccc(Cl)cc2)C1. The predicted octanol–water partition coefficient (Wildman–Crippen LogP) is 1.32. The molecule has 1 fully saturated rings. The Kier molecular flexibility index (Phi) is 5.24. The minimum Gasteiger partial charge on any atom is -0.340 e. The van der Waals surface area contributed by atoms with E-state index in [0.717, 1.165) is 12.8 Å². The second-order valence-corrected chi connectivity index (χ2v) is 7.61. The van der Waals surface area contributed by atoms with Crippen LogP contribution < -0.4 is 5.32 Å². The number of carbonyl (C=O) groups excluding carboxylic acids is 1. The number of nitrogens with zero attached hydrogens (tertiary/aromatic N) is 1. The zero-order valence-corrected chi connectivity index (χ0v) is 13.5. The van der Waals surface area contributed by atoms with Crippen LogP contribution in [0.4, 0.5) is 0 Å². The zero-order chi connectivity index (χ0) is 15.5. The number of hydrogen-bond donors (Lipinski definition) is 1. The summed E-state index contributed by atoms with van der Waals surface area (Å²) in [4.78, 5) is 14.0. The van der Waals surface area contributed by atoms with Gasteiger partial charge >= 0.3 is 0 Å². The number of piperidine rings is 1. The van der Waals surface area contributed by atoms with E-state index in [0.29, 0.717) is 18.1 Å². The van der Waals surface area contributed by atoms with Crippen molar-refractivity contribution in [1.29, 1.82) is 0 Å². The fraction of sp³-hybridized carbons (Fsp3) is 0.500. The van der Waals surface area contributed by atoms with Crippen molar-refractivity contribution >= 4 is 27.3 Å². The Bertz CT molecular complexity index is 601. The third-order valence-corrected chi connectivity index (χ3v) is 5.54. The Morgan fingerprint density at radius 3 is 2.67 bits per heavy atom. The van der Waals surface area contributed by atoms with E-state index in [1.54, 1.807) is 4.90 Å². The molecule has 1 aromatic carbocycles. The van der Waals surface area contributed by atoms with Gasteiger partial charge in [-0.1, -0.05) is 11.6 Å². The van der Waals surface area contributed by atoms with Crippen LogP contribution in [0.2, 0.25) is 5.02 Å². The van der Waals surface area contributed by atoms with E-state index in [9.17, 15) is 13.2 Å². The minimum atomic E-state index is -3.62. The molecule has 1 amide bonds. The number of halogens is 1. The summed E-state index contributed by atoms with van der Waals surface area (Å²) in [6.45, 7) is 1.18. The zero-order valence-electron chi connectivity index (χ0n) is 11.9. The number of carbonyl (C=O) groups is 1. The second-order valence-electron chi connectivity index (χ2n) is 5.18. The van der Waals surface area contributed by atoms with Crippen LogP contribution in [0, 0.1) is 0 Å². The largest absolute Gasteiger partial charge is 0.340 e. The molecule has 5 nitrogen and oxygen atoms in total. The molecule has 0 radical (unpaired) electrons.